The average Bonchev–Trinajstić information content (AvgIpc) is 2.71. The van der Waals surface area contributed by atoms with E-state index in [-0.39, 0.29) is 0 Å². The van der Waals surface area contributed by atoms with E-state index >= 15 is 0 Å². The molecule has 2 aliphatic heterocycles. The summed E-state index contributed by atoms with van der Waals surface area (Å²) in [4.78, 5) is 5.37. The van der Waals surface area contributed by atoms with Crippen molar-refractivity contribution in [3.05, 3.63) is 11.6 Å². The fraction of sp³-hybridized carbons (Fsp3) is 0.875. The molecule has 0 aromatic carbocycles. The van der Waals surface area contributed by atoms with Crippen molar-refractivity contribution in [3.63, 3.8) is 0 Å². The van der Waals surface area contributed by atoms with Gasteiger partial charge in [0.1, 0.15) is 0 Å². The van der Waals surface area contributed by atoms with Gasteiger partial charge < -0.3 is 0 Å². The van der Waals surface area contributed by atoms with Gasteiger partial charge in [0.15, 0.2) is 0 Å². The van der Waals surface area contributed by atoms with E-state index in [9.17, 15) is 0 Å². The van der Waals surface area contributed by atoms with Crippen LogP contribution in [0.3, 0.4) is 0 Å². The van der Waals surface area contributed by atoms with Gasteiger partial charge in [0, 0.05) is 38.3 Å². The van der Waals surface area contributed by atoms with Crippen LogP contribution in [0.25, 0.3) is 0 Å². The van der Waals surface area contributed by atoms with Crippen molar-refractivity contribution < 1.29 is 0 Å². The van der Waals surface area contributed by atoms with Crippen molar-refractivity contribution in [3.8, 4) is 0 Å². The molecule has 0 radical (unpaired) electrons. The normalized spacial score (nSPS) is 30.6. The van der Waals surface area contributed by atoms with E-state index in [0.29, 0.717) is 11.5 Å². The quantitative estimate of drug-likeness (QED) is 0.695. The first-order valence-electron chi connectivity index (χ1n) is 7.55. The van der Waals surface area contributed by atoms with Crippen molar-refractivity contribution in [2.75, 3.05) is 26.2 Å². The zero-order chi connectivity index (χ0) is 13.3. The molecule has 2 heteroatoms. The molecule has 0 bridgehead atoms. The van der Waals surface area contributed by atoms with Gasteiger partial charge in [-0.05, 0) is 39.0 Å². The molecule has 2 heterocycles. The predicted molar refractivity (Wildman–Crippen MR) is 78.8 cm³/mol. The molecule has 0 saturated carbocycles. The molecular formula is C16H30N2. The van der Waals surface area contributed by atoms with Gasteiger partial charge in [0.25, 0.3) is 0 Å². The lowest BCUT2D eigenvalue weighted by Crippen LogP contribution is -2.43. The number of hydrogen-bond donors (Lipinski definition) is 0. The molecule has 18 heavy (non-hydrogen) atoms. The zero-order valence-electron chi connectivity index (χ0n) is 12.9. The summed E-state index contributed by atoms with van der Waals surface area (Å²) in [6, 6.07) is 1.49. The minimum Gasteiger partial charge on any atom is -0.299 e. The summed E-state index contributed by atoms with van der Waals surface area (Å²) in [6.45, 7) is 16.8. The third kappa shape index (κ3) is 2.97. The Morgan fingerprint density at radius 2 is 2.00 bits per heavy atom. The van der Waals surface area contributed by atoms with Crippen molar-refractivity contribution in [1.29, 1.82) is 0 Å². The van der Waals surface area contributed by atoms with Crippen LogP contribution in [0, 0.1) is 5.41 Å². The molecule has 2 aliphatic rings. The molecule has 2 nitrogen and oxygen atoms in total. The predicted octanol–water partition coefficient (Wildman–Crippen LogP) is 3.15. The standard InChI is InChI=1S/C16H30N2/c1-13(2)17-10-8-15(11-17)18-9-6-7-14(3)16(4,5)12-18/h7,13,15H,6,8-12H2,1-5H3. The molecule has 1 fully saturated rings. The van der Waals surface area contributed by atoms with Crippen molar-refractivity contribution in [2.45, 2.75) is 59.5 Å². The summed E-state index contributed by atoms with van der Waals surface area (Å²) in [6.07, 6.45) is 5.04. The number of hydrogen-bond acceptors (Lipinski definition) is 2. The van der Waals surface area contributed by atoms with E-state index < -0.39 is 0 Å². The molecule has 0 spiro atoms. The van der Waals surface area contributed by atoms with E-state index in [0.717, 1.165) is 6.04 Å². The first-order chi connectivity index (χ1) is 8.40. The summed E-state index contributed by atoms with van der Waals surface area (Å²) in [5.74, 6) is 0. The van der Waals surface area contributed by atoms with Crippen LogP contribution < -0.4 is 0 Å². The summed E-state index contributed by atoms with van der Waals surface area (Å²) in [7, 11) is 0. The van der Waals surface area contributed by atoms with E-state index in [1.165, 1.54) is 39.0 Å². The second-order valence-electron chi connectivity index (χ2n) is 7.06. The Hall–Kier alpha value is -0.340. The van der Waals surface area contributed by atoms with Gasteiger partial charge in [0.05, 0.1) is 0 Å². The first-order valence-corrected chi connectivity index (χ1v) is 7.55. The second kappa shape index (κ2) is 5.34. The molecule has 1 atom stereocenters. The third-order valence-corrected chi connectivity index (χ3v) is 4.97. The smallest absolute Gasteiger partial charge is 0.0235 e. The lowest BCUT2D eigenvalue weighted by atomic mass is 9.84. The lowest BCUT2D eigenvalue weighted by Gasteiger charge is -2.35. The topological polar surface area (TPSA) is 6.48 Å². The van der Waals surface area contributed by atoms with Crippen LogP contribution in [0.5, 0.6) is 0 Å². The van der Waals surface area contributed by atoms with E-state index in [2.05, 4.69) is 50.5 Å². The number of likely N-dealkylation sites (tertiary alicyclic amines) is 1. The van der Waals surface area contributed by atoms with Crippen LogP contribution >= 0.6 is 0 Å². The Balaban J connectivity index is 1.99. The summed E-state index contributed by atoms with van der Waals surface area (Å²) >= 11 is 0. The maximum atomic E-state index is 2.75. The maximum Gasteiger partial charge on any atom is 0.0235 e. The van der Waals surface area contributed by atoms with Gasteiger partial charge in [-0.3, -0.25) is 9.80 Å². The minimum absolute atomic E-state index is 0.349. The van der Waals surface area contributed by atoms with Crippen LogP contribution in [-0.4, -0.2) is 48.1 Å². The van der Waals surface area contributed by atoms with Gasteiger partial charge in [-0.15, -0.1) is 0 Å². The monoisotopic (exact) mass is 250 g/mol. The molecule has 1 unspecified atom stereocenters. The Morgan fingerprint density at radius 3 is 2.61 bits per heavy atom. The molecule has 104 valence electrons. The van der Waals surface area contributed by atoms with Gasteiger partial charge in [-0.2, -0.15) is 0 Å². The Bertz CT molecular complexity index is 317. The van der Waals surface area contributed by atoms with Crippen LogP contribution in [0.1, 0.15) is 47.5 Å². The van der Waals surface area contributed by atoms with E-state index in [4.69, 9.17) is 0 Å². The Morgan fingerprint density at radius 1 is 1.28 bits per heavy atom. The van der Waals surface area contributed by atoms with Crippen LogP contribution in [0.2, 0.25) is 0 Å². The number of rotatable bonds is 2. The van der Waals surface area contributed by atoms with E-state index in [1.807, 2.05) is 0 Å². The molecule has 0 aliphatic carbocycles. The highest BCUT2D eigenvalue weighted by molar-refractivity contribution is 5.12. The maximum absolute atomic E-state index is 2.75. The van der Waals surface area contributed by atoms with E-state index in [1.54, 1.807) is 5.57 Å². The largest absolute Gasteiger partial charge is 0.299 e. The second-order valence-corrected chi connectivity index (χ2v) is 7.06. The van der Waals surface area contributed by atoms with Gasteiger partial charge in [-0.1, -0.05) is 25.5 Å². The minimum atomic E-state index is 0.349. The SMILES string of the molecule is CC1=CCCN(C2CCN(C(C)C)C2)CC1(C)C. The fourth-order valence-electron chi connectivity index (χ4n) is 3.28. The van der Waals surface area contributed by atoms with Crippen LogP contribution in [0.15, 0.2) is 11.6 Å². The Labute approximate surface area is 113 Å². The van der Waals surface area contributed by atoms with Gasteiger partial charge in [0.2, 0.25) is 0 Å². The third-order valence-electron chi connectivity index (χ3n) is 4.97. The lowest BCUT2D eigenvalue weighted by molar-refractivity contribution is 0.149. The highest BCUT2D eigenvalue weighted by Gasteiger charge is 2.33. The highest BCUT2D eigenvalue weighted by atomic mass is 15.3. The summed E-state index contributed by atoms with van der Waals surface area (Å²) in [5.41, 5.74) is 1.92. The molecule has 2 rings (SSSR count). The highest BCUT2D eigenvalue weighted by Crippen LogP contribution is 2.32. The van der Waals surface area contributed by atoms with Crippen molar-refractivity contribution in [1.82, 2.24) is 9.80 Å². The molecule has 1 saturated heterocycles. The fourth-order valence-corrected chi connectivity index (χ4v) is 3.28. The Kier molecular flexibility index (Phi) is 4.18. The van der Waals surface area contributed by atoms with Crippen LogP contribution in [0.4, 0.5) is 0 Å². The molecule has 0 aromatic heterocycles. The molecular weight excluding hydrogens is 220 g/mol. The average molecular weight is 250 g/mol. The van der Waals surface area contributed by atoms with Crippen LogP contribution in [-0.2, 0) is 0 Å². The molecule has 0 amide bonds. The molecule has 0 aromatic rings. The van der Waals surface area contributed by atoms with Gasteiger partial charge in [-0.25, -0.2) is 0 Å². The zero-order valence-corrected chi connectivity index (χ0v) is 12.9. The summed E-state index contributed by atoms with van der Waals surface area (Å²) < 4.78 is 0. The summed E-state index contributed by atoms with van der Waals surface area (Å²) in [5, 5.41) is 0. The van der Waals surface area contributed by atoms with Crippen molar-refractivity contribution in [2.24, 2.45) is 5.41 Å². The number of nitrogens with zero attached hydrogens (tertiary/aromatic N) is 2. The first kappa shape index (κ1) is 14.1. The molecule has 0 N–H and O–H groups in total. The van der Waals surface area contributed by atoms with Crippen molar-refractivity contribution >= 4 is 0 Å². The van der Waals surface area contributed by atoms with Gasteiger partial charge >= 0.3 is 0 Å².